The molecule has 1 atom stereocenters. The average Bonchev–Trinajstić information content (AvgIpc) is 2.44. The van der Waals surface area contributed by atoms with E-state index in [2.05, 4.69) is 9.71 Å². The number of aromatic nitrogens is 1. The molecule has 9 heteroatoms. The third-order valence-corrected chi connectivity index (χ3v) is 4.53. The van der Waals surface area contributed by atoms with Gasteiger partial charge in [-0.3, -0.25) is 14.6 Å². The molecule has 1 heterocycles. The van der Waals surface area contributed by atoms with Crippen LogP contribution in [0, 0.1) is 5.92 Å². The Balaban J connectivity index is 2.54. The minimum Gasteiger partial charge on any atom is -0.481 e. The number of ketones is 1. The standard InChI is InChI=1S/C13H18N2O5S2/c1-22(19,20)15-5-6-21-9-11(7-12(16)17)13(18)10-3-2-4-14-8-10/h2-4,8,11,15H,5-7,9H2,1H3,(H,16,17). The van der Waals surface area contributed by atoms with Crippen molar-refractivity contribution in [3.8, 4) is 0 Å². The molecule has 22 heavy (non-hydrogen) atoms. The molecule has 0 saturated heterocycles. The first-order chi connectivity index (χ1) is 10.3. The number of carboxylic acid groups (broad SMARTS) is 1. The summed E-state index contributed by atoms with van der Waals surface area (Å²) in [5.74, 6) is -1.20. The first-order valence-electron chi connectivity index (χ1n) is 6.48. The van der Waals surface area contributed by atoms with Crippen molar-refractivity contribution >= 4 is 33.5 Å². The molecule has 1 rings (SSSR count). The summed E-state index contributed by atoms with van der Waals surface area (Å²) < 4.78 is 24.2. The monoisotopic (exact) mass is 346 g/mol. The van der Waals surface area contributed by atoms with Crippen LogP contribution in [0.4, 0.5) is 0 Å². The number of carboxylic acids is 1. The molecule has 1 aromatic rings. The van der Waals surface area contributed by atoms with Gasteiger partial charge in [-0.1, -0.05) is 0 Å². The van der Waals surface area contributed by atoms with Crippen LogP contribution < -0.4 is 4.72 Å². The number of pyridine rings is 1. The van der Waals surface area contributed by atoms with Crippen LogP contribution in [0.15, 0.2) is 24.5 Å². The number of sulfonamides is 1. The Morgan fingerprint density at radius 1 is 1.45 bits per heavy atom. The lowest BCUT2D eigenvalue weighted by atomic mass is 9.97. The molecule has 0 aliphatic carbocycles. The maximum Gasteiger partial charge on any atom is 0.304 e. The highest BCUT2D eigenvalue weighted by Crippen LogP contribution is 2.17. The number of aliphatic carboxylic acids is 1. The third-order valence-electron chi connectivity index (χ3n) is 2.67. The lowest BCUT2D eigenvalue weighted by Gasteiger charge is -2.13. The molecule has 0 saturated carbocycles. The fourth-order valence-electron chi connectivity index (χ4n) is 1.71. The van der Waals surface area contributed by atoms with E-state index in [-0.39, 0.29) is 18.7 Å². The Morgan fingerprint density at radius 3 is 2.73 bits per heavy atom. The molecule has 0 bridgehead atoms. The van der Waals surface area contributed by atoms with Crippen molar-refractivity contribution in [1.29, 1.82) is 0 Å². The Bertz CT molecular complexity index is 604. The van der Waals surface area contributed by atoms with Crippen LogP contribution in [-0.4, -0.2) is 54.6 Å². The molecular weight excluding hydrogens is 328 g/mol. The smallest absolute Gasteiger partial charge is 0.304 e. The molecular formula is C13H18N2O5S2. The van der Waals surface area contributed by atoms with Gasteiger partial charge in [0.05, 0.1) is 12.7 Å². The average molecular weight is 346 g/mol. The minimum absolute atomic E-state index is 0.240. The molecule has 0 fully saturated rings. The molecule has 0 aromatic carbocycles. The van der Waals surface area contributed by atoms with E-state index in [0.717, 1.165) is 6.26 Å². The second-order valence-electron chi connectivity index (χ2n) is 4.64. The van der Waals surface area contributed by atoms with Crippen molar-refractivity contribution in [2.45, 2.75) is 6.42 Å². The molecule has 0 spiro atoms. The normalized spacial score (nSPS) is 12.8. The lowest BCUT2D eigenvalue weighted by Crippen LogP contribution is -2.25. The number of thioether (sulfide) groups is 1. The Hall–Kier alpha value is -1.45. The van der Waals surface area contributed by atoms with Crippen molar-refractivity contribution in [1.82, 2.24) is 9.71 Å². The van der Waals surface area contributed by atoms with Crippen molar-refractivity contribution < 1.29 is 23.1 Å². The summed E-state index contributed by atoms with van der Waals surface area (Å²) in [6.07, 6.45) is 3.75. The van der Waals surface area contributed by atoms with Crippen LogP contribution in [0.3, 0.4) is 0 Å². The summed E-state index contributed by atoms with van der Waals surface area (Å²) in [6.45, 7) is 0.240. The van der Waals surface area contributed by atoms with E-state index < -0.39 is 21.9 Å². The van der Waals surface area contributed by atoms with Gasteiger partial charge >= 0.3 is 5.97 Å². The quantitative estimate of drug-likeness (QED) is 0.472. The van der Waals surface area contributed by atoms with E-state index in [9.17, 15) is 18.0 Å². The van der Waals surface area contributed by atoms with E-state index in [4.69, 9.17) is 5.11 Å². The predicted octanol–water partition coefficient (Wildman–Crippen LogP) is 0.638. The highest BCUT2D eigenvalue weighted by Gasteiger charge is 2.23. The van der Waals surface area contributed by atoms with Gasteiger partial charge in [0.1, 0.15) is 0 Å². The van der Waals surface area contributed by atoms with Gasteiger partial charge in [0.2, 0.25) is 10.0 Å². The van der Waals surface area contributed by atoms with Crippen LogP contribution in [0.5, 0.6) is 0 Å². The number of carbonyl (C=O) groups is 2. The topological polar surface area (TPSA) is 113 Å². The number of rotatable bonds is 10. The van der Waals surface area contributed by atoms with E-state index in [1.165, 1.54) is 24.2 Å². The largest absolute Gasteiger partial charge is 0.481 e. The highest BCUT2D eigenvalue weighted by molar-refractivity contribution is 7.99. The van der Waals surface area contributed by atoms with Gasteiger partial charge in [-0.05, 0) is 12.1 Å². The Morgan fingerprint density at radius 2 is 2.18 bits per heavy atom. The summed E-state index contributed by atoms with van der Waals surface area (Å²) in [6, 6.07) is 3.22. The van der Waals surface area contributed by atoms with E-state index in [1.54, 1.807) is 12.1 Å². The van der Waals surface area contributed by atoms with Gasteiger partial charge in [-0.15, -0.1) is 0 Å². The number of nitrogens with one attached hydrogen (secondary N) is 1. The second kappa shape index (κ2) is 8.86. The zero-order chi connectivity index (χ0) is 16.6. The second-order valence-corrected chi connectivity index (χ2v) is 7.62. The minimum atomic E-state index is -3.24. The molecule has 7 nitrogen and oxygen atoms in total. The molecule has 0 aliphatic rings. The summed E-state index contributed by atoms with van der Waals surface area (Å²) in [5, 5.41) is 8.92. The van der Waals surface area contributed by atoms with Gasteiger partial charge in [0.25, 0.3) is 0 Å². The van der Waals surface area contributed by atoms with Gasteiger partial charge in [-0.2, -0.15) is 11.8 Å². The summed E-state index contributed by atoms with van der Waals surface area (Å²) in [5.41, 5.74) is 0.378. The van der Waals surface area contributed by atoms with Gasteiger partial charge < -0.3 is 5.11 Å². The fourth-order valence-corrected chi connectivity index (χ4v) is 3.28. The van der Waals surface area contributed by atoms with Crippen LogP contribution in [0.1, 0.15) is 16.8 Å². The van der Waals surface area contributed by atoms with Crippen LogP contribution in [0.2, 0.25) is 0 Å². The van der Waals surface area contributed by atoms with Crippen molar-refractivity contribution in [2.75, 3.05) is 24.3 Å². The maximum atomic E-state index is 12.3. The number of carbonyl (C=O) groups excluding carboxylic acids is 1. The van der Waals surface area contributed by atoms with Crippen molar-refractivity contribution in [3.63, 3.8) is 0 Å². The van der Waals surface area contributed by atoms with Gasteiger partial charge in [0, 0.05) is 41.9 Å². The lowest BCUT2D eigenvalue weighted by molar-refractivity contribution is -0.137. The van der Waals surface area contributed by atoms with Crippen molar-refractivity contribution in [3.05, 3.63) is 30.1 Å². The fraction of sp³-hybridized carbons (Fsp3) is 0.462. The first-order valence-corrected chi connectivity index (χ1v) is 9.52. The van der Waals surface area contributed by atoms with Gasteiger partial charge in [0.15, 0.2) is 5.78 Å². The van der Waals surface area contributed by atoms with Crippen molar-refractivity contribution in [2.24, 2.45) is 5.92 Å². The summed E-state index contributed by atoms with van der Waals surface area (Å²) >= 11 is 1.34. The van der Waals surface area contributed by atoms with E-state index in [0.29, 0.717) is 17.1 Å². The zero-order valence-electron chi connectivity index (χ0n) is 12.1. The molecule has 0 amide bonds. The first kappa shape index (κ1) is 18.6. The number of nitrogens with zero attached hydrogens (tertiary/aromatic N) is 1. The molecule has 122 valence electrons. The molecule has 2 N–H and O–H groups in total. The SMILES string of the molecule is CS(=O)(=O)NCCSCC(CC(=O)O)C(=O)c1cccnc1. The summed E-state index contributed by atoms with van der Waals surface area (Å²) in [7, 11) is -3.24. The number of hydrogen-bond acceptors (Lipinski definition) is 6. The highest BCUT2D eigenvalue weighted by atomic mass is 32.2. The number of Topliss-reactive ketones (excluding diaryl/α,β-unsaturated/α-hetero) is 1. The zero-order valence-corrected chi connectivity index (χ0v) is 13.7. The van der Waals surface area contributed by atoms with Gasteiger partial charge in [-0.25, -0.2) is 13.1 Å². The van der Waals surface area contributed by atoms with Crippen LogP contribution >= 0.6 is 11.8 Å². The molecule has 1 unspecified atom stereocenters. The number of hydrogen-bond donors (Lipinski definition) is 2. The third kappa shape index (κ3) is 7.53. The maximum absolute atomic E-state index is 12.3. The predicted molar refractivity (Wildman–Crippen MR) is 84.5 cm³/mol. The Labute approximate surface area is 133 Å². The molecule has 0 radical (unpaired) electrons. The molecule has 0 aliphatic heterocycles. The van der Waals surface area contributed by atoms with Crippen LogP contribution in [-0.2, 0) is 14.8 Å². The summed E-state index contributed by atoms with van der Waals surface area (Å²) in [4.78, 5) is 27.0. The van der Waals surface area contributed by atoms with Crippen LogP contribution in [0.25, 0.3) is 0 Å². The Kier molecular flexibility index (Phi) is 7.49. The van der Waals surface area contributed by atoms with E-state index >= 15 is 0 Å². The van der Waals surface area contributed by atoms with E-state index in [1.807, 2.05) is 0 Å². The molecule has 1 aromatic heterocycles.